The van der Waals surface area contributed by atoms with Crippen molar-refractivity contribution in [2.24, 2.45) is 5.73 Å². The Kier molecular flexibility index (Phi) is 7.44. The first-order valence-corrected chi connectivity index (χ1v) is 12.4. The molecule has 1 aliphatic rings. The molecule has 9 nitrogen and oxygen atoms in total. The third kappa shape index (κ3) is 5.92. The number of nitrogens with two attached hydrogens (primary N) is 1. The molecule has 0 bridgehead atoms. The van der Waals surface area contributed by atoms with Crippen molar-refractivity contribution in [3.8, 4) is 5.82 Å². The number of hydrogen-bond donors (Lipinski definition) is 1. The minimum atomic E-state index is -1.28. The third-order valence-corrected chi connectivity index (χ3v) is 6.14. The summed E-state index contributed by atoms with van der Waals surface area (Å²) in [7, 11) is 0. The molecule has 0 saturated carbocycles. The number of halogens is 1. The Morgan fingerprint density at radius 1 is 1.19 bits per heavy atom. The predicted octanol–water partition coefficient (Wildman–Crippen LogP) is 3.72. The molecule has 4 rings (SSSR count). The van der Waals surface area contributed by atoms with Crippen LogP contribution in [0.15, 0.2) is 24.4 Å². The van der Waals surface area contributed by atoms with Gasteiger partial charge in [-0.2, -0.15) is 5.10 Å². The minimum Gasteiger partial charge on any atom is -0.444 e. The van der Waals surface area contributed by atoms with Gasteiger partial charge in [-0.3, -0.25) is 0 Å². The molecular weight excluding hydrogens is 461 g/mol. The van der Waals surface area contributed by atoms with Gasteiger partial charge >= 0.3 is 6.09 Å². The van der Waals surface area contributed by atoms with Crippen molar-refractivity contribution in [1.82, 2.24) is 24.6 Å². The van der Waals surface area contributed by atoms with Gasteiger partial charge in [-0.25, -0.2) is 23.8 Å². The van der Waals surface area contributed by atoms with E-state index in [0.717, 1.165) is 47.4 Å². The molecular formula is C26H36FN7O2. The van der Waals surface area contributed by atoms with Gasteiger partial charge in [-0.05, 0) is 64.3 Å². The standard InChI is InChI=1S/C26H36FN7O2/c1-17-11-20-15-29-34(24-14-23(30-18(2)31-24)32-8-6-9-32)22(20)13-19(17)12-21(27)16-33(10-7-28)25(35)36-26(3,4)5/h11,13-15,21H,6-10,12,16,28H2,1-5H3. The number of alkyl halides is 1. The summed E-state index contributed by atoms with van der Waals surface area (Å²) >= 11 is 0. The number of hydrogen-bond acceptors (Lipinski definition) is 7. The number of rotatable bonds is 8. The smallest absolute Gasteiger partial charge is 0.410 e. The Balaban J connectivity index is 1.57. The van der Waals surface area contributed by atoms with Crippen LogP contribution in [0.3, 0.4) is 0 Å². The van der Waals surface area contributed by atoms with Crippen LogP contribution < -0.4 is 10.6 Å². The van der Waals surface area contributed by atoms with Crippen LogP contribution in [-0.4, -0.2) is 75.2 Å². The molecule has 36 heavy (non-hydrogen) atoms. The molecule has 2 aromatic heterocycles. The molecule has 3 aromatic rings. The second-order valence-electron chi connectivity index (χ2n) is 10.4. The van der Waals surface area contributed by atoms with E-state index in [9.17, 15) is 4.79 Å². The second kappa shape index (κ2) is 10.4. The number of ether oxygens (including phenoxy) is 1. The zero-order chi connectivity index (χ0) is 26.0. The number of fused-ring (bicyclic) bond motifs is 1. The van der Waals surface area contributed by atoms with E-state index in [2.05, 4.69) is 20.0 Å². The SMILES string of the molecule is Cc1nc(N2CCC2)cc(-n2ncc3cc(C)c(CC(F)CN(CCN)C(=O)OC(C)(C)C)cc32)n1. The summed E-state index contributed by atoms with van der Waals surface area (Å²) in [6.45, 7) is 11.5. The maximum absolute atomic E-state index is 15.3. The van der Waals surface area contributed by atoms with Crippen LogP contribution in [0.5, 0.6) is 0 Å². The van der Waals surface area contributed by atoms with Crippen molar-refractivity contribution in [2.75, 3.05) is 37.6 Å². The van der Waals surface area contributed by atoms with Crippen LogP contribution in [0.25, 0.3) is 16.7 Å². The van der Waals surface area contributed by atoms with Crippen LogP contribution in [0.2, 0.25) is 0 Å². The van der Waals surface area contributed by atoms with Crippen LogP contribution >= 0.6 is 0 Å². The molecule has 2 N–H and O–H groups in total. The fourth-order valence-corrected chi connectivity index (χ4v) is 4.27. The Morgan fingerprint density at radius 3 is 2.56 bits per heavy atom. The number of anilines is 1. The third-order valence-electron chi connectivity index (χ3n) is 6.14. The van der Waals surface area contributed by atoms with Gasteiger partial charge in [0.05, 0.1) is 18.3 Å². The molecule has 1 unspecified atom stereocenters. The Morgan fingerprint density at radius 2 is 1.92 bits per heavy atom. The van der Waals surface area contributed by atoms with Crippen LogP contribution in [0.4, 0.5) is 15.0 Å². The molecule has 0 aliphatic carbocycles. The first kappa shape index (κ1) is 25.8. The number of nitrogens with zero attached hydrogens (tertiary/aromatic N) is 6. The van der Waals surface area contributed by atoms with Gasteiger partial charge in [0.1, 0.15) is 23.4 Å². The Bertz CT molecular complexity index is 1230. The highest BCUT2D eigenvalue weighted by Crippen LogP contribution is 2.26. The van der Waals surface area contributed by atoms with Gasteiger partial charge < -0.3 is 20.3 Å². The summed E-state index contributed by atoms with van der Waals surface area (Å²) in [5.41, 5.74) is 7.66. The fraction of sp³-hybridized carbons (Fsp3) is 0.538. The lowest BCUT2D eigenvalue weighted by Crippen LogP contribution is -2.43. The van der Waals surface area contributed by atoms with Crippen molar-refractivity contribution in [2.45, 2.75) is 59.2 Å². The summed E-state index contributed by atoms with van der Waals surface area (Å²) in [6.07, 6.45) is 1.27. The van der Waals surface area contributed by atoms with Crippen molar-refractivity contribution in [3.05, 3.63) is 41.3 Å². The number of aromatic nitrogens is 4. The zero-order valence-corrected chi connectivity index (χ0v) is 21.8. The zero-order valence-electron chi connectivity index (χ0n) is 21.8. The van der Waals surface area contributed by atoms with E-state index in [4.69, 9.17) is 10.5 Å². The maximum Gasteiger partial charge on any atom is 0.410 e. The molecule has 1 fully saturated rings. The van der Waals surface area contributed by atoms with Gasteiger partial charge in [0, 0.05) is 44.1 Å². The summed E-state index contributed by atoms with van der Waals surface area (Å²) < 4.78 is 22.5. The number of carbonyl (C=O) groups excluding carboxylic acids is 1. The van der Waals surface area contributed by atoms with Gasteiger partial charge in [-0.1, -0.05) is 0 Å². The lowest BCUT2D eigenvalue weighted by atomic mass is 10.0. The minimum absolute atomic E-state index is 0.0901. The van der Waals surface area contributed by atoms with Crippen molar-refractivity contribution < 1.29 is 13.9 Å². The van der Waals surface area contributed by atoms with Crippen LogP contribution in [0, 0.1) is 13.8 Å². The topological polar surface area (TPSA) is 102 Å². The van der Waals surface area contributed by atoms with Crippen molar-refractivity contribution in [1.29, 1.82) is 0 Å². The van der Waals surface area contributed by atoms with Crippen molar-refractivity contribution in [3.63, 3.8) is 0 Å². The van der Waals surface area contributed by atoms with Gasteiger partial charge in [0.15, 0.2) is 5.82 Å². The fourth-order valence-electron chi connectivity index (χ4n) is 4.27. The Hall–Kier alpha value is -3.27. The highest BCUT2D eigenvalue weighted by atomic mass is 19.1. The van der Waals surface area contributed by atoms with Crippen LogP contribution in [0.1, 0.15) is 44.1 Å². The largest absolute Gasteiger partial charge is 0.444 e. The van der Waals surface area contributed by atoms with E-state index in [1.54, 1.807) is 31.6 Å². The van der Waals surface area contributed by atoms with E-state index < -0.39 is 17.9 Å². The molecule has 0 spiro atoms. The number of aryl methyl sites for hydroxylation is 2. The number of amides is 1. The summed E-state index contributed by atoms with van der Waals surface area (Å²) in [4.78, 5) is 25.3. The van der Waals surface area contributed by atoms with Crippen molar-refractivity contribution >= 4 is 22.8 Å². The van der Waals surface area contributed by atoms with E-state index in [1.165, 1.54) is 4.90 Å². The summed E-state index contributed by atoms with van der Waals surface area (Å²) in [6, 6.07) is 5.92. The van der Waals surface area contributed by atoms with E-state index in [0.29, 0.717) is 11.6 Å². The lowest BCUT2D eigenvalue weighted by molar-refractivity contribution is 0.0210. The van der Waals surface area contributed by atoms with E-state index in [-0.39, 0.29) is 26.1 Å². The molecule has 10 heteroatoms. The molecule has 3 heterocycles. The number of benzene rings is 1. The van der Waals surface area contributed by atoms with E-state index >= 15 is 4.39 Å². The molecule has 1 saturated heterocycles. The molecule has 1 aliphatic heterocycles. The summed E-state index contributed by atoms with van der Waals surface area (Å²) in [5.74, 6) is 2.26. The molecule has 1 atom stereocenters. The highest BCUT2D eigenvalue weighted by Gasteiger charge is 2.25. The van der Waals surface area contributed by atoms with Gasteiger partial charge in [0.2, 0.25) is 0 Å². The second-order valence-corrected chi connectivity index (χ2v) is 10.4. The normalized spacial score (nSPS) is 14.6. The number of carbonyl (C=O) groups is 1. The molecule has 194 valence electrons. The lowest BCUT2D eigenvalue weighted by Gasteiger charge is -2.32. The average molecular weight is 498 g/mol. The van der Waals surface area contributed by atoms with E-state index in [1.807, 2.05) is 32.0 Å². The molecule has 0 radical (unpaired) electrons. The quantitative estimate of drug-likeness (QED) is 0.506. The van der Waals surface area contributed by atoms with Gasteiger partial charge in [-0.15, -0.1) is 0 Å². The first-order chi connectivity index (χ1) is 17.0. The maximum atomic E-state index is 15.3. The van der Waals surface area contributed by atoms with Gasteiger partial charge in [0.25, 0.3) is 0 Å². The highest BCUT2D eigenvalue weighted by molar-refractivity contribution is 5.82. The first-order valence-electron chi connectivity index (χ1n) is 12.4. The average Bonchev–Trinajstić information content (AvgIpc) is 3.13. The van der Waals surface area contributed by atoms with Crippen LogP contribution in [-0.2, 0) is 11.2 Å². The molecule has 1 aromatic carbocycles. The molecule has 1 amide bonds. The predicted molar refractivity (Wildman–Crippen MR) is 138 cm³/mol. The monoisotopic (exact) mass is 497 g/mol. The Labute approximate surface area is 211 Å². The summed E-state index contributed by atoms with van der Waals surface area (Å²) in [5, 5.41) is 5.52.